The van der Waals surface area contributed by atoms with Gasteiger partial charge in [0.05, 0.1) is 6.61 Å². The van der Waals surface area contributed by atoms with E-state index < -0.39 is 0 Å². The molecule has 0 aliphatic carbocycles. The Kier molecular flexibility index (Phi) is 5.63. The number of rotatable bonds is 6. The maximum absolute atomic E-state index is 5.93. The standard InChI is InChI=1S/C15H26N2O/c1-6-18-15-8-7-13(9-11(15)2)14(17(4)5)10-12(3)16/h7-9,12,14H,6,10,16H2,1-5H3. The van der Waals surface area contributed by atoms with E-state index >= 15 is 0 Å². The lowest BCUT2D eigenvalue weighted by Crippen LogP contribution is -2.27. The van der Waals surface area contributed by atoms with E-state index in [2.05, 4.69) is 51.0 Å². The van der Waals surface area contributed by atoms with Gasteiger partial charge in [0, 0.05) is 12.1 Å². The van der Waals surface area contributed by atoms with Crippen LogP contribution in [0.1, 0.15) is 37.4 Å². The van der Waals surface area contributed by atoms with Gasteiger partial charge >= 0.3 is 0 Å². The first-order valence-corrected chi connectivity index (χ1v) is 6.61. The number of aryl methyl sites for hydroxylation is 1. The lowest BCUT2D eigenvalue weighted by molar-refractivity contribution is 0.272. The van der Waals surface area contributed by atoms with Crippen LogP contribution < -0.4 is 10.5 Å². The molecule has 0 aliphatic rings. The molecular weight excluding hydrogens is 224 g/mol. The van der Waals surface area contributed by atoms with Crippen LogP contribution in [0, 0.1) is 6.92 Å². The Balaban J connectivity index is 2.95. The van der Waals surface area contributed by atoms with Crippen LogP contribution in [-0.2, 0) is 0 Å². The highest BCUT2D eigenvalue weighted by atomic mass is 16.5. The fourth-order valence-electron chi connectivity index (χ4n) is 2.19. The molecule has 1 rings (SSSR count). The SMILES string of the molecule is CCOc1ccc(C(CC(C)N)N(C)C)cc1C. The van der Waals surface area contributed by atoms with Crippen molar-refractivity contribution in [3.8, 4) is 5.75 Å². The molecule has 3 heteroatoms. The molecule has 0 bridgehead atoms. The quantitative estimate of drug-likeness (QED) is 0.843. The maximum Gasteiger partial charge on any atom is 0.122 e. The van der Waals surface area contributed by atoms with Gasteiger partial charge in [-0.25, -0.2) is 0 Å². The van der Waals surface area contributed by atoms with E-state index in [1.807, 2.05) is 6.92 Å². The number of benzene rings is 1. The van der Waals surface area contributed by atoms with Crippen molar-refractivity contribution in [1.29, 1.82) is 0 Å². The van der Waals surface area contributed by atoms with E-state index in [1.54, 1.807) is 0 Å². The van der Waals surface area contributed by atoms with Crippen molar-refractivity contribution in [3.05, 3.63) is 29.3 Å². The first kappa shape index (κ1) is 15.0. The molecule has 1 aromatic rings. The maximum atomic E-state index is 5.93. The minimum Gasteiger partial charge on any atom is -0.494 e. The van der Waals surface area contributed by atoms with Gasteiger partial charge in [-0.3, -0.25) is 0 Å². The minimum absolute atomic E-state index is 0.198. The molecule has 0 saturated heterocycles. The van der Waals surface area contributed by atoms with E-state index in [0.717, 1.165) is 12.2 Å². The second kappa shape index (κ2) is 6.76. The molecule has 1 aromatic carbocycles. The fraction of sp³-hybridized carbons (Fsp3) is 0.600. The molecule has 0 aliphatic heterocycles. The summed E-state index contributed by atoms with van der Waals surface area (Å²) in [4.78, 5) is 2.22. The average molecular weight is 250 g/mol. The Hall–Kier alpha value is -1.06. The number of nitrogens with zero attached hydrogens (tertiary/aromatic N) is 1. The fourth-order valence-corrected chi connectivity index (χ4v) is 2.19. The predicted molar refractivity (Wildman–Crippen MR) is 77.0 cm³/mol. The van der Waals surface area contributed by atoms with Crippen LogP contribution in [0.4, 0.5) is 0 Å². The van der Waals surface area contributed by atoms with Gasteiger partial charge in [0.2, 0.25) is 0 Å². The molecule has 2 N–H and O–H groups in total. The minimum atomic E-state index is 0.198. The van der Waals surface area contributed by atoms with E-state index in [9.17, 15) is 0 Å². The van der Waals surface area contributed by atoms with Crippen molar-refractivity contribution in [2.24, 2.45) is 5.73 Å². The second-order valence-corrected chi connectivity index (χ2v) is 5.15. The van der Waals surface area contributed by atoms with Crippen molar-refractivity contribution in [2.75, 3.05) is 20.7 Å². The van der Waals surface area contributed by atoms with Crippen LogP contribution in [0.2, 0.25) is 0 Å². The molecule has 3 nitrogen and oxygen atoms in total. The number of hydrogen-bond acceptors (Lipinski definition) is 3. The van der Waals surface area contributed by atoms with Crippen LogP contribution in [-0.4, -0.2) is 31.6 Å². The Labute approximate surface area is 111 Å². The summed E-state index contributed by atoms with van der Waals surface area (Å²) in [5.41, 5.74) is 8.42. The average Bonchev–Trinajstić information content (AvgIpc) is 2.28. The van der Waals surface area contributed by atoms with E-state index in [-0.39, 0.29) is 6.04 Å². The van der Waals surface area contributed by atoms with Gasteiger partial charge in [-0.05, 0) is 58.5 Å². The topological polar surface area (TPSA) is 38.5 Å². The van der Waals surface area contributed by atoms with Crippen LogP contribution in [0.5, 0.6) is 5.75 Å². The summed E-state index contributed by atoms with van der Waals surface area (Å²) in [6.45, 7) is 6.86. The Bertz CT molecular complexity index is 375. The number of nitrogens with two attached hydrogens (primary N) is 1. The van der Waals surface area contributed by atoms with E-state index in [0.29, 0.717) is 12.6 Å². The van der Waals surface area contributed by atoms with Crippen LogP contribution in [0.15, 0.2) is 18.2 Å². The number of ether oxygens (including phenoxy) is 1. The summed E-state index contributed by atoms with van der Waals surface area (Å²) in [5.74, 6) is 0.972. The third kappa shape index (κ3) is 4.00. The first-order chi connectivity index (χ1) is 8.45. The molecule has 102 valence electrons. The van der Waals surface area contributed by atoms with Crippen molar-refractivity contribution in [3.63, 3.8) is 0 Å². The van der Waals surface area contributed by atoms with Gasteiger partial charge in [-0.15, -0.1) is 0 Å². The molecule has 0 radical (unpaired) electrons. The molecule has 18 heavy (non-hydrogen) atoms. The van der Waals surface area contributed by atoms with Crippen LogP contribution >= 0.6 is 0 Å². The Morgan fingerprint density at radius 2 is 2.00 bits per heavy atom. The van der Waals surface area contributed by atoms with E-state index in [4.69, 9.17) is 10.5 Å². The molecule has 0 saturated carbocycles. The van der Waals surface area contributed by atoms with Crippen LogP contribution in [0.25, 0.3) is 0 Å². The smallest absolute Gasteiger partial charge is 0.122 e. The largest absolute Gasteiger partial charge is 0.494 e. The normalized spacial score (nSPS) is 14.6. The summed E-state index contributed by atoms with van der Waals surface area (Å²) in [6, 6.07) is 6.97. The molecule has 0 amide bonds. The second-order valence-electron chi connectivity index (χ2n) is 5.15. The zero-order chi connectivity index (χ0) is 13.7. The first-order valence-electron chi connectivity index (χ1n) is 6.61. The highest BCUT2D eigenvalue weighted by Crippen LogP contribution is 2.27. The van der Waals surface area contributed by atoms with Crippen molar-refractivity contribution in [2.45, 2.75) is 39.3 Å². The third-order valence-corrected chi connectivity index (χ3v) is 3.10. The van der Waals surface area contributed by atoms with Crippen molar-refractivity contribution >= 4 is 0 Å². The lowest BCUT2D eigenvalue weighted by atomic mass is 9.97. The van der Waals surface area contributed by atoms with E-state index in [1.165, 1.54) is 11.1 Å². The van der Waals surface area contributed by atoms with Gasteiger partial charge in [0.25, 0.3) is 0 Å². The van der Waals surface area contributed by atoms with Crippen molar-refractivity contribution in [1.82, 2.24) is 4.90 Å². The van der Waals surface area contributed by atoms with Gasteiger partial charge in [0.1, 0.15) is 5.75 Å². The van der Waals surface area contributed by atoms with Gasteiger partial charge in [0.15, 0.2) is 0 Å². The molecule has 0 spiro atoms. The highest BCUT2D eigenvalue weighted by Gasteiger charge is 2.16. The highest BCUT2D eigenvalue weighted by molar-refractivity contribution is 5.37. The van der Waals surface area contributed by atoms with Crippen molar-refractivity contribution < 1.29 is 4.74 Å². The summed E-state index contributed by atoms with van der Waals surface area (Å²) in [6.07, 6.45) is 0.959. The zero-order valence-corrected chi connectivity index (χ0v) is 12.2. The van der Waals surface area contributed by atoms with Gasteiger partial charge in [-0.1, -0.05) is 12.1 Å². The third-order valence-electron chi connectivity index (χ3n) is 3.10. The molecular formula is C15H26N2O. The summed E-state index contributed by atoms with van der Waals surface area (Å²) >= 11 is 0. The molecule has 2 atom stereocenters. The summed E-state index contributed by atoms with van der Waals surface area (Å²) in [7, 11) is 4.19. The molecule has 2 unspecified atom stereocenters. The summed E-state index contributed by atoms with van der Waals surface area (Å²) in [5, 5.41) is 0. The Morgan fingerprint density at radius 3 is 2.44 bits per heavy atom. The lowest BCUT2D eigenvalue weighted by Gasteiger charge is -2.27. The molecule has 0 heterocycles. The molecule has 0 fully saturated rings. The van der Waals surface area contributed by atoms with Gasteiger partial charge < -0.3 is 15.4 Å². The zero-order valence-electron chi connectivity index (χ0n) is 12.2. The Morgan fingerprint density at radius 1 is 1.33 bits per heavy atom. The summed E-state index contributed by atoms with van der Waals surface area (Å²) < 4.78 is 5.57. The number of hydrogen-bond donors (Lipinski definition) is 1. The monoisotopic (exact) mass is 250 g/mol. The molecule has 0 aromatic heterocycles. The van der Waals surface area contributed by atoms with Gasteiger partial charge in [-0.2, -0.15) is 0 Å². The predicted octanol–water partition coefficient (Wildman–Crippen LogP) is 2.73. The van der Waals surface area contributed by atoms with Crippen LogP contribution in [0.3, 0.4) is 0 Å².